The Bertz CT molecular complexity index is 710. The van der Waals surface area contributed by atoms with Gasteiger partial charge in [-0.3, -0.25) is 14.5 Å². The van der Waals surface area contributed by atoms with Crippen molar-refractivity contribution in [3.8, 4) is 0 Å². The van der Waals surface area contributed by atoms with E-state index in [1.165, 1.54) is 4.90 Å². The van der Waals surface area contributed by atoms with E-state index in [1.807, 2.05) is 20.8 Å². The van der Waals surface area contributed by atoms with Gasteiger partial charge < -0.3 is 9.64 Å². The van der Waals surface area contributed by atoms with Crippen LogP contribution in [0.2, 0.25) is 0 Å². The number of ether oxygens (including phenoxy) is 1. The number of carbonyl (C=O) groups excluding carboxylic acids is 3. The fourth-order valence-electron chi connectivity index (χ4n) is 3.82. The number of benzene rings is 1. The molecule has 0 N–H and O–H groups in total. The van der Waals surface area contributed by atoms with Crippen molar-refractivity contribution < 1.29 is 19.1 Å². The van der Waals surface area contributed by atoms with E-state index in [0.717, 1.165) is 12.8 Å². The van der Waals surface area contributed by atoms with Crippen LogP contribution in [0.1, 0.15) is 61.3 Å². The predicted molar refractivity (Wildman–Crippen MR) is 102 cm³/mol. The van der Waals surface area contributed by atoms with Crippen LogP contribution in [0.15, 0.2) is 24.3 Å². The number of hydrogen-bond donors (Lipinski definition) is 0. The third kappa shape index (κ3) is 4.15. The predicted octanol–water partition coefficient (Wildman–Crippen LogP) is 3.57. The summed E-state index contributed by atoms with van der Waals surface area (Å²) in [5.41, 5.74) is 0.496. The SMILES string of the molecule is C[C@H](CN1C(=O)c2ccccc2C1=O)C1CCN(C(=O)OC(C)(C)C)CC1. The molecular formula is C21H28N2O4. The van der Waals surface area contributed by atoms with Gasteiger partial charge in [0.2, 0.25) is 0 Å². The van der Waals surface area contributed by atoms with Crippen molar-refractivity contribution in [3.63, 3.8) is 0 Å². The molecule has 0 radical (unpaired) electrons. The van der Waals surface area contributed by atoms with Gasteiger partial charge in [-0.25, -0.2) is 4.79 Å². The van der Waals surface area contributed by atoms with E-state index in [2.05, 4.69) is 6.92 Å². The zero-order valence-corrected chi connectivity index (χ0v) is 16.5. The highest BCUT2D eigenvalue weighted by Gasteiger charge is 2.37. The lowest BCUT2D eigenvalue weighted by Gasteiger charge is -2.36. The first kappa shape index (κ1) is 19.4. The molecule has 3 amide bonds. The molecule has 2 heterocycles. The van der Waals surface area contributed by atoms with E-state index in [1.54, 1.807) is 29.2 Å². The number of fused-ring (bicyclic) bond motifs is 1. The normalized spacial score (nSPS) is 19.3. The summed E-state index contributed by atoms with van der Waals surface area (Å²) in [6, 6.07) is 6.98. The van der Waals surface area contributed by atoms with Gasteiger partial charge in [-0.1, -0.05) is 19.1 Å². The van der Waals surface area contributed by atoms with Gasteiger partial charge in [-0.15, -0.1) is 0 Å². The summed E-state index contributed by atoms with van der Waals surface area (Å²) in [7, 11) is 0. The molecule has 0 unspecified atom stereocenters. The molecule has 3 rings (SSSR count). The van der Waals surface area contributed by atoms with Gasteiger partial charge >= 0.3 is 6.09 Å². The smallest absolute Gasteiger partial charge is 0.410 e. The Kier molecular flexibility index (Phi) is 5.27. The molecule has 0 bridgehead atoms. The van der Waals surface area contributed by atoms with Crippen molar-refractivity contribution in [3.05, 3.63) is 35.4 Å². The molecule has 1 atom stereocenters. The minimum Gasteiger partial charge on any atom is -0.444 e. The quantitative estimate of drug-likeness (QED) is 0.761. The first-order valence-electron chi connectivity index (χ1n) is 9.60. The first-order valence-corrected chi connectivity index (χ1v) is 9.60. The second-order valence-corrected chi connectivity index (χ2v) is 8.55. The Morgan fingerprint density at radius 2 is 1.63 bits per heavy atom. The maximum absolute atomic E-state index is 12.5. The van der Waals surface area contributed by atoms with Gasteiger partial charge in [0.15, 0.2) is 0 Å². The molecule has 6 nitrogen and oxygen atoms in total. The standard InChI is InChI=1S/C21H28N2O4/c1-14(13-23-18(24)16-7-5-6-8-17(16)19(23)25)15-9-11-22(12-10-15)20(26)27-21(2,3)4/h5-8,14-15H,9-13H2,1-4H3/t14-/m1/s1. The van der Waals surface area contributed by atoms with E-state index < -0.39 is 5.60 Å². The molecule has 0 saturated carbocycles. The van der Waals surface area contributed by atoms with Crippen molar-refractivity contribution >= 4 is 17.9 Å². The molecule has 1 aromatic rings. The molecule has 1 aromatic carbocycles. The molecular weight excluding hydrogens is 344 g/mol. The third-order valence-corrected chi connectivity index (χ3v) is 5.34. The molecule has 146 valence electrons. The number of carbonyl (C=O) groups is 3. The van der Waals surface area contributed by atoms with Gasteiger partial charge in [0.25, 0.3) is 11.8 Å². The Balaban J connectivity index is 1.55. The van der Waals surface area contributed by atoms with E-state index in [9.17, 15) is 14.4 Å². The van der Waals surface area contributed by atoms with Crippen molar-refractivity contribution in [1.82, 2.24) is 9.80 Å². The second-order valence-electron chi connectivity index (χ2n) is 8.55. The van der Waals surface area contributed by atoms with E-state index in [0.29, 0.717) is 36.7 Å². The molecule has 1 saturated heterocycles. The zero-order chi connectivity index (χ0) is 19.8. The Morgan fingerprint density at radius 1 is 1.11 bits per heavy atom. The highest BCUT2D eigenvalue weighted by Crippen LogP contribution is 2.29. The molecule has 2 aliphatic heterocycles. The lowest BCUT2D eigenvalue weighted by molar-refractivity contribution is 0.0157. The maximum Gasteiger partial charge on any atom is 0.410 e. The summed E-state index contributed by atoms with van der Waals surface area (Å²) in [6.45, 7) is 9.38. The first-order chi connectivity index (χ1) is 12.7. The van der Waals surface area contributed by atoms with Crippen LogP contribution in [0.5, 0.6) is 0 Å². The summed E-state index contributed by atoms with van der Waals surface area (Å²) in [6.07, 6.45) is 1.43. The highest BCUT2D eigenvalue weighted by atomic mass is 16.6. The summed E-state index contributed by atoms with van der Waals surface area (Å²) in [5, 5.41) is 0. The molecule has 6 heteroatoms. The van der Waals surface area contributed by atoms with Crippen LogP contribution < -0.4 is 0 Å². The monoisotopic (exact) mass is 372 g/mol. The number of rotatable bonds is 3. The lowest BCUT2D eigenvalue weighted by atomic mass is 9.85. The molecule has 1 fully saturated rings. The van der Waals surface area contributed by atoms with Crippen LogP contribution in [0.25, 0.3) is 0 Å². The van der Waals surface area contributed by atoms with Gasteiger partial charge in [0.05, 0.1) is 11.1 Å². The number of likely N-dealkylation sites (tertiary alicyclic amines) is 1. The summed E-state index contributed by atoms with van der Waals surface area (Å²) < 4.78 is 5.43. The van der Waals surface area contributed by atoms with Gasteiger partial charge in [-0.2, -0.15) is 0 Å². The van der Waals surface area contributed by atoms with Crippen LogP contribution in [-0.4, -0.2) is 52.9 Å². The summed E-state index contributed by atoms with van der Waals surface area (Å²) in [4.78, 5) is 40.4. The Hall–Kier alpha value is -2.37. The minimum absolute atomic E-state index is 0.188. The van der Waals surface area contributed by atoms with Crippen molar-refractivity contribution in [2.24, 2.45) is 11.8 Å². The van der Waals surface area contributed by atoms with Gasteiger partial charge in [0, 0.05) is 19.6 Å². The van der Waals surface area contributed by atoms with Crippen LogP contribution in [0.4, 0.5) is 4.79 Å². The Labute approximate surface area is 160 Å². The number of imide groups is 1. The Morgan fingerprint density at radius 3 is 2.11 bits per heavy atom. The number of piperidine rings is 1. The fraction of sp³-hybridized carbons (Fsp3) is 0.571. The fourth-order valence-corrected chi connectivity index (χ4v) is 3.82. The highest BCUT2D eigenvalue weighted by molar-refractivity contribution is 6.21. The number of hydrogen-bond acceptors (Lipinski definition) is 4. The average Bonchev–Trinajstić information content (AvgIpc) is 2.86. The largest absolute Gasteiger partial charge is 0.444 e. The van der Waals surface area contributed by atoms with Crippen molar-refractivity contribution in [2.75, 3.05) is 19.6 Å². The number of amides is 3. The van der Waals surface area contributed by atoms with Crippen LogP contribution in [0, 0.1) is 11.8 Å². The molecule has 0 aliphatic carbocycles. The van der Waals surface area contributed by atoms with E-state index >= 15 is 0 Å². The van der Waals surface area contributed by atoms with Crippen molar-refractivity contribution in [2.45, 2.75) is 46.1 Å². The topological polar surface area (TPSA) is 66.9 Å². The summed E-state index contributed by atoms with van der Waals surface area (Å²) >= 11 is 0. The zero-order valence-electron chi connectivity index (χ0n) is 16.5. The number of nitrogens with zero attached hydrogens (tertiary/aromatic N) is 2. The second kappa shape index (κ2) is 7.33. The molecule has 27 heavy (non-hydrogen) atoms. The van der Waals surface area contributed by atoms with E-state index in [-0.39, 0.29) is 23.8 Å². The van der Waals surface area contributed by atoms with Crippen LogP contribution >= 0.6 is 0 Å². The maximum atomic E-state index is 12.5. The van der Waals surface area contributed by atoms with Gasteiger partial charge in [-0.05, 0) is 57.6 Å². The third-order valence-electron chi connectivity index (χ3n) is 5.34. The molecule has 0 aromatic heterocycles. The van der Waals surface area contributed by atoms with E-state index in [4.69, 9.17) is 4.74 Å². The lowest BCUT2D eigenvalue weighted by Crippen LogP contribution is -2.44. The van der Waals surface area contributed by atoms with Gasteiger partial charge in [0.1, 0.15) is 5.60 Å². The summed E-state index contributed by atoms with van der Waals surface area (Å²) in [5.74, 6) is 0.156. The molecule has 0 spiro atoms. The minimum atomic E-state index is -0.493. The van der Waals surface area contributed by atoms with Crippen LogP contribution in [0.3, 0.4) is 0 Å². The average molecular weight is 372 g/mol. The van der Waals surface area contributed by atoms with Crippen LogP contribution in [-0.2, 0) is 4.74 Å². The van der Waals surface area contributed by atoms with Crippen molar-refractivity contribution in [1.29, 1.82) is 0 Å². The molecule has 2 aliphatic rings.